The molecular weight excluding hydrogens is 318 g/mol. The normalized spacial score (nSPS) is 10.3. The summed E-state index contributed by atoms with van der Waals surface area (Å²) in [7, 11) is 0. The smallest absolute Gasteiger partial charge is 0.261 e. The highest BCUT2D eigenvalue weighted by molar-refractivity contribution is 9.10. The van der Waals surface area contributed by atoms with Gasteiger partial charge in [-0.3, -0.25) is 9.78 Å². The van der Waals surface area contributed by atoms with Crippen LogP contribution in [0.5, 0.6) is 0 Å². The highest BCUT2D eigenvalue weighted by Crippen LogP contribution is 2.20. The van der Waals surface area contributed by atoms with Crippen molar-refractivity contribution in [3.63, 3.8) is 0 Å². The van der Waals surface area contributed by atoms with Gasteiger partial charge in [0, 0.05) is 10.2 Å². The van der Waals surface area contributed by atoms with Gasteiger partial charge in [-0.05, 0) is 31.2 Å². The third-order valence-corrected chi connectivity index (χ3v) is 2.86. The van der Waals surface area contributed by atoms with Crippen LogP contribution in [0.4, 0.5) is 14.5 Å². The molecule has 1 N–H and O–H groups in total. The number of anilines is 1. The third-order valence-electron chi connectivity index (χ3n) is 2.40. The Hall–Kier alpha value is -1.82. The molecule has 0 saturated heterocycles. The molecule has 6 heteroatoms. The van der Waals surface area contributed by atoms with E-state index < -0.39 is 23.1 Å². The van der Waals surface area contributed by atoms with Crippen molar-refractivity contribution in [1.29, 1.82) is 0 Å². The molecule has 2 rings (SSSR count). The van der Waals surface area contributed by atoms with Gasteiger partial charge in [-0.15, -0.1) is 0 Å². The maximum absolute atomic E-state index is 13.6. The number of carbonyl (C=O) groups excluding carboxylic acids is 1. The van der Waals surface area contributed by atoms with Gasteiger partial charge in [0.15, 0.2) is 0 Å². The summed E-state index contributed by atoms with van der Waals surface area (Å²) in [6.45, 7) is 1.79. The average Bonchev–Trinajstić information content (AvgIpc) is 2.30. The van der Waals surface area contributed by atoms with Crippen molar-refractivity contribution in [2.45, 2.75) is 6.92 Å². The number of aromatic nitrogens is 1. The van der Waals surface area contributed by atoms with Gasteiger partial charge < -0.3 is 5.32 Å². The number of amides is 1. The SMILES string of the molecule is Cc1ccc(NC(=O)c2c(F)cc(Br)cc2F)cn1. The van der Waals surface area contributed by atoms with Crippen molar-refractivity contribution in [2.24, 2.45) is 0 Å². The van der Waals surface area contributed by atoms with Crippen LogP contribution >= 0.6 is 15.9 Å². The molecule has 19 heavy (non-hydrogen) atoms. The monoisotopic (exact) mass is 326 g/mol. The van der Waals surface area contributed by atoms with Crippen LogP contribution in [0.1, 0.15) is 16.1 Å². The van der Waals surface area contributed by atoms with E-state index in [2.05, 4.69) is 26.2 Å². The highest BCUT2D eigenvalue weighted by Gasteiger charge is 2.18. The fraction of sp³-hybridized carbons (Fsp3) is 0.0769. The van der Waals surface area contributed by atoms with Gasteiger partial charge >= 0.3 is 0 Å². The standard InChI is InChI=1S/C13H9BrF2N2O/c1-7-2-3-9(6-17-7)18-13(19)12-10(15)4-8(14)5-11(12)16/h2-6H,1H3,(H,18,19). The molecule has 0 unspecified atom stereocenters. The second-order valence-corrected chi connectivity index (χ2v) is 4.80. The molecule has 0 radical (unpaired) electrons. The topological polar surface area (TPSA) is 42.0 Å². The number of rotatable bonds is 2. The summed E-state index contributed by atoms with van der Waals surface area (Å²) < 4.78 is 27.4. The van der Waals surface area contributed by atoms with Gasteiger partial charge in [-0.25, -0.2) is 8.78 Å². The summed E-state index contributed by atoms with van der Waals surface area (Å²) in [4.78, 5) is 15.8. The lowest BCUT2D eigenvalue weighted by Gasteiger charge is -2.07. The second-order valence-electron chi connectivity index (χ2n) is 3.89. The van der Waals surface area contributed by atoms with Crippen molar-refractivity contribution < 1.29 is 13.6 Å². The van der Waals surface area contributed by atoms with Crippen LogP contribution in [0, 0.1) is 18.6 Å². The summed E-state index contributed by atoms with van der Waals surface area (Å²) in [6.07, 6.45) is 1.42. The quantitative estimate of drug-likeness (QED) is 0.914. The average molecular weight is 327 g/mol. The highest BCUT2D eigenvalue weighted by atomic mass is 79.9. The molecule has 0 aliphatic heterocycles. The Morgan fingerprint density at radius 3 is 2.42 bits per heavy atom. The number of halogens is 3. The Kier molecular flexibility index (Phi) is 3.90. The van der Waals surface area contributed by atoms with E-state index in [0.29, 0.717) is 5.69 Å². The van der Waals surface area contributed by atoms with E-state index in [4.69, 9.17) is 0 Å². The minimum Gasteiger partial charge on any atom is -0.320 e. The first kappa shape index (κ1) is 13.6. The Bertz CT molecular complexity index is 606. The van der Waals surface area contributed by atoms with E-state index in [1.165, 1.54) is 6.20 Å². The lowest BCUT2D eigenvalue weighted by Crippen LogP contribution is -2.16. The van der Waals surface area contributed by atoms with Crippen LogP contribution in [-0.4, -0.2) is 10.9 Å². The molecule has 1 aromatic heterocycles. The number of nitrogens with one attached hydrogen (secondary N) is 1. The van der Waals surface area contributed by atoms with E-state index in [9.17, 15) is 13.6 Å². The summed E-state index contributed by atoms with van der Waals surface area (Å²) in [6, 6.07) is 5.36. The number of aryl methyl sites for hydroxylation is 1. The molecular formula is C13H9BrF2N2O. The molecule has 0 bridgehead atoms. The van der Waals surface area contributed by atoms with Crippen molar-refractivity contribution >= 4 is 27.5 Å². The molecule has 3 nitrogen and oxygen atoms in total. The van der Waals surface area contributed by atoms with Crippen molar-refractivity contribution in [2.75, 3.05) is 5.32 Å². The molecule has 1 heterocycles. The molecule has 98 valence electrons. The first-order valence-corrected chi connectivity index (χ1v) is 6.15. The van der Waals surface area contributed by atoms with Crippen LogP contribution < -0.4 is 5.32 Å². The molecule has 0 aliphatic carbocycles. The zero-order chi connectivity index (χ0) is 14.0. The number of hydrogen-bond acceptors (Lipinski definition) is 2. The van der Waals surface area contributed by atoms with Crippen molar-refractivity contribution in [1.82, 2.24) is 4.98 Å². The Labute approximate surface area is 116 Å². The van der Waals surface area contributed by atoms with E-state index >= 15 is 0 Å². The van der Waals surface area contributed by atoms with E-state index in [-0.39, 0.29) is 4.47 Å². The van der Waals surface area contributed by atoms with Gasteiger partial charge in [0.1, 0.15) is 17.2 Å². The molecule has 0 atom stereocenters. The summed E-state index contributed by atoms with van der Waals surface area (Å²) in [5, 5.41) is 2.39. The van der Waals surface area contributed by atoms with Gasteiger partial charge in [-0.1, -0.05) is 15.9 Å². The fourth-order valence-corrected chi connectivity index (χ4v) is 1.90. The van der Waals surface area contributed by atoms with Gasteiger partial charge in [-0.2, -0.15) is 0 Å². The number of nitrogens with zero attached hydrogens (tertiary/aromatic N) is 1. The minimum atomic E-state index is -0.926. The zero-order valence-electron chi connectivity index (χ0n) is 9.88. The van der Waals surface area contributed by atoms with Crippen LogP contribution in [0.3, 0.4) is 0 Å². The van der Waals surface area contributed by atoms with Gasteiger partial charge in [0.2, 0.25) is 0 Å². The first-order valence-electron chi connectivity index (χ1n) is 5.36. The van der Waals surface area contributed by atoms with E-state index in [1.807, 2.05) is 0 Å². The summed E-state index contributed by atoms with van der Waals surface area (Å²) in [5.74, 6) is -2.71. The first-order chi connectivity index (χ1) is 8.97. The van der Waals surface area contributed by atoms with Gasteiger partial charge in [0.05, 0.1) is 11.9 Å². The summed E-state index contributed by atoms with van der Waals surface area (Å²) >= 11 is 2.95. The number of carbonyl (C=O) groups is 1. The maximum Gasteiger partial charge on any atom is 0.261 e. The zero-order valence-corrected chi connectivity index (χ0v) is 11.5. The fourth-order valence-electron chi connectivity index (χ4n) is 1.49. The maximum atomic E-state index is 13.6. The predicted octanol–water partition coefficient (Wildman–Crippen LogP) is 3.68. The number of hydrogen-bond donors (Lipinski definition) is 1. The number of pyridine rings is 1. The van der Waals surface area contributed by atoms with Crippen molar-refractivity contribution in [3.05, 3.63) is 57.8 Å². The minimum absolute atomic E-state index is 0.232. The molecule has 2 aromatic rings. The lowest BCUT2D eigenvalue weighted by molar-refractivity contribution is 0.101. The third kappa shape index (κ3) is 3.14. The predicted molar refractivity (Wildman–Crippen MR) is 71.0 cm³/mol. The summed E-state index contributed by atoms with van der Waals surface area (Å²) in [5.41, 5.74) is 0.528. The number of benzene rings is 1. The Balaban J connectivity index is 2.28. The molecule has 0 fully saturated rings. The molecule has 1 amide bonds. The van der Waals surface area contributed by atoms with Crippen LogP contribution in [0.2, 0.25) is 0 Å². The second kappa shape index (κ2) is 5.44. The van der Waals surface area contributed by atoms with Crippen LogP contribution in [0.15, 0.2) is 34.9 Å². The van der Waals surface area contributed by atoms with E-state index in [1.54, 1.807) is 19.1 Å². The molecule has 1 aromatic carbocycles. The van der Waals surface area contributed by atoms with Crippen molar-refractivity contribution in [3.8, 4) is 0 Å². The largest absolute Gasteiger partial charge is 0.320 e. The van der Waals surface area contributed by atoms with E-state index in [0.717, 1.165) is 17.8 Å². The Morgan fingerprint density at radius 1 is 1.26 bits per heavy atom. The van der Waals surface area contributed by atoms with Crippen LogP contribution in [0.25, 0.3) is 0 Å². The van der Waals surface area contributed by atoms with Crippen LogP contribution in [-0.2, 0) is 0 Å². The van der Waals surface area contributed by atoms with Gasteiger partial charge in [0.25, 0.3) is 5.91 Å². The lowest BCUT2D eigenvalue weighted by atomic mass is 10.2. The molecule has 0 saturated carbocycles. The molecule has 0 aliphatic rings. The molecule has 0 spiro atoms. The Morgan fingerprint density at radius 2 is 1.89 bits per heavy atom.